The predicted octanol–water partition coefficient (Wildman–Crippen LogP) is 1.30. The first-order valence-corrected chi connectivity index (χ1v) is 6.29. The number of hydrogen-bond donors (Lipinski definition) is 1. The Labute approximate surface area is 113 Å². The van der Waals surface area contributed by atoms with E-state index in [0.717, 1.165) is 11.5 Å². The van der Waals surface area contributed by atoms with E-state index in [0.29, 0.717) is 26.0 Å². The van der Waals surface area contributed by atoms with E-state index in [1.807, 2.05) is 24.3 Å². The zero-order valence-electron chi connectivity index (χ0n) is 11.5. The van der Waals surface area contributed by atoms with Gasteiger partial charge in [0.15, 0.2) is 0 Å². The molecule has 0 bridgehead atoms. The van der Waals surface area contributed by atoms with Crippen molar-refractivity contribution in [3.05, 3.63) is 24.3 Å². The van der Waals surface area contributed by atoms with Crippen molar-refractivity contribution in [2.45, 2.75) is 12.8 Å². The Hall–Kier alpha value is -1.75. The molecule has 1 aromatic rings. The number of rotatable bonds is 8. The van der Waals surface area contributed by atoms with E-state index in [1.54, 1.807) is 14.2 Å². The maximum absolute atomic E-state index is 11.6. The standard InChI is InChI=1S/C14H21NO4/c1-15(9-10-16)14(17)4-3-11-19-13-7-5-12(18-2)6-8-13/h5-8,16H,3-4,9-11H2,1-2H3. The van der Waals surface area contributed by atoms with Gasteiger partial charge in [0.1, 0.15) is 11.5 Å². The minimum Gasteiger partial charge on any atom is -0.497 e. The third kappa shape index (κ3) is 5.61. The van der Waals surface area contributed by atoms with Gasteiger partial charge in [-0.3, -0.25) is 4.79 Å². The summed E-state index contributed by atoms with van der Waals surface area (Å²) in [5.74, 6) is 1.57. The van der Waals surface area contributed by atoms with Crippen LogP contribution in [0.15, 0.2) is 24.3 Å². The molecule has 0 aliphatic rings. The van der Waals surface area contributed by atoms with Crippen molar-refractivity contribution in [2.24, 2.45) is 0 Å². The van der Waals surface area contributed by atoms with Crippen LogP contribution >= 0.6 is 0 Å². The van der Waals surface area contributed by atoms with Gasteiger partial charge in [-0.2, -0.15) is 0 Å². The molecule has 0 saturated heterocycles. The zero-order chi connectivity index (χ0) is 14.1. The Kier molecular flexibility index (Phi) is 6.74. The predicted molar refractivity (Wildman–Crippen MR) is 72.4 cm³/mol. The van der Waals surface area contributed by atoms with Crippen LogP contribution in [0.2, 0.25) is 0 Å². The Balaban J connectivity index is 2.21. The molecule has 0 fully saturated rings. The minimum atomic E-state index is -0.00934. The molecular formula is C14H21NO4. The van der Waals surface area contributed by atoms with Crippen LogP contribution in [-0.2, 0) is 4.79 Å². The lowest BCUT2D eigenvalue weighted by molar-refractivity contribution is -0.130. The van der Waals surface area contributed by atoms with Crippen molar-refractivity contribution in [1.29, 1.82) is 0 Å². The largest absolute Gasteiger partial charge is 0.497 e. The number of hydrogen-bond acceptors (Lipinski definition) is 4. The third-order valence-corrected chi connectivity index (χ3v) is 2.72. The molecule has 1 amide bonds. The highest BCUT2D eigenvalue weighted by Crippen LogP contribution is 2.17. The molecule has 0 atom stereocenters. The summed E-state index contributed by atoms with van der Waals surface area (Å²) in [7, 11) is 3.30. The topological polar surface area (TPSA) is 59.0 Å². The Bertz CT molecular complexity index is 378. The van der Waals surface area contributed by atoms with Gasteiger partial charge < -0.3 is 19.5 Å². The highest BCUT2D eigenvalue weighted by atomic mass is 16.5. The molecule has 0 unspecified atom stereocenters. The first-order chi connectivity index (χ1) is 9.17. The van der Waals surface area contributed by atoms with Gasteiger partial charge in [0.2, 0.25) is 5.91 Å². The number of methoxy groups -OCH3 is 1. The number of nitrogens with zero attached hydrogens (tertiary/aromatic N) is 1. The first kappa shape index (κ1) is 15.3. The fraction of sp³-hybridized carbons (Fsp3) is 0.500. The summed E-state index contributed by atoms with van der Waals surface area (Å²) in [5.41, 5.74) is 0. The fourth-order valence-corrected chi connectivity index (χ4v) is 1.55. The number of carbonyl (C=O) groups is 1. The quantitative estimate of drug-likeness (QED) is 0.721. The van der Waals surface area contributed by atoms with Crippen LogP contribution in [0.25, 0.3) is 0 Å². The number of benzene rings is 1. The van der Waals surface area contributed by atoms with Gasteiger partial charge in [-0.05, 0) is 30.7 Å². The smallest absolute Gasteiger partial charge is 0.222 e. The van der Waals surface area contributed by atoms with Crippen molar-refractivity contribution in [3.8, 4) is 11.5 Å². The highest BCUT2D eigenvalue weighted by molar-refractivity contribution is 5.75. The molecule has 0 spiro atoms. The van der Waals surface area contributed by atoms with E-state index in [-0.39, 0.29) is 12.5 Å². The van der Waals surface area contributed by atoms with Gasteiger partial charge in [-0.15, -0.1) is 0 Å². The van der Waals surface area contributed by atoms with Crippen LogP contribution in [0.1, 0.15) is 12.8 Å². The lowest BCUT2D eigenvalue weighted by Gasteiger charge is -2.15. The van der Waals surface area contributed by atoms with Gasteiger partial charge in [0.25, 0.3) is 0 Å². The molecule has 1 rings (SSSR count). The van der Waals surface area contributed by atoms with Crippen molar-refractivity contribution in [3.63, 3.8) is 0 Å². The molecule has 0 radical (unpaired) electrons. The van der Waals surface area contributed by atoms with Crippen molar-refractivity contribution in [2.75, 3.05) is 33.9 Å². The molecule has 0 aromatic heterocycles. The summed E-state index contributed by atoms with van der Waals surface area (Å²) in [5, 5.41) is 8.72. The molecule has 1 aromatic carbocycles. The fourth-order valence-electron chi connectivity index (χ4n) is 1.55. The average Bonchev–Trinajstić information content (AvgIpc) is 2.44. The molecule has 0 saturated carbocycles. The summed E-state index contributed by atoms with van der Waals surface area (Å²) in [6.07, 6.45) is 1.08. The number of likely N-dealkylation sites (N-methyl/N-ethyl adjacent to an activating group) is 1. The summed E-state index contributed by atoms with van der Waals surface area (Å²) < 4.78 is 10.6. The SMILES string of the molecule is COc1ccc(OCCCC(=O)N(C)CCO)cc1. The molecule has 0 aliphatic carbocycles. The number of aliphatic hydroxyl groups is 1. The van der Waals surface area contributed by atoms with E-state index >= 15 is 0 Å². The van der Waals surface area contributed by atoms with Crippen LogP contribution in [0.3, 0.4) is 0 Å². The average molecular weight is 267 g/mol. The molecule has 5 nitrogen and oxygen atoms in total. The molecule has 106 valence electrons. The maximum Gasteiger partial charge on any atom is 0.222 e. The lowest BCUT2D eigenvalue weighted by Crippen LogP contribution is -2.29. The Morgan fingerprint density at radius 1 is 1.26 bits per heavy atom. The second kappa shape index (κ2) is 8.37. The van der Waals surface area contributed by atoms with Crippen LogP contribution < -0.4 is 9.47 Å². The number of ether oxygens (including phenoxy) is 2. The molecule has 0 aliphatic heterocycles. The number of carbonyl (C=O) groups excluding carboxylic acids is 1. The molecule has 19 heavy (non-hydrogen) atoms. The Morgan fingerprint density at radius 2 is 1.89 bits per heavy atom. The zero-order valence-corrected chi connectivity index (χ0v) is 11.5. The number of amides is 1. The molecule has 5 heteroatoms. The van der Waals surface area contributed by atoms with Gasteiger partial charge in [-0.1, -0.05) is 0 Å². The van der Waals surface area contributed by atoms with Crippen molar-refractivity contribution in [1.82, 2.24) is 4.90 Å². The monoisotopic (exact) mass is 267 g/mol. The summed E-state index contributed by atoms with van der Waals surface area (Å²) >= 11 is 0. The van der Waals surface area contributed by atoms with Crippen LogP contribution in [-0.4, -0.2) is 49.8 Å². The summed E-state index contributed by atoms with van der Waals surface area (Å²) in [6.45, 7) is 0.855. The van der Waals surface area contributed by atoms with Crippen molar-refractivity contribution >= 4 is 5.91 Å². The van der Waals surface area contributed by atoms with E-state index in [9.17, 15) is 4.79 Å². The maximum atomic E-state index is 11.6. The Morgan fingerprint density at radius 3 is 2.47 bits per heavy atom. The second-order valence-corrected chi connectivity index (χ2v) is 4.17. The first-order valence-electron chi connectivity index (χ1n) is 6.29. The summed E-state index contributed by atoms with van der Waals surface area (Å²) in [4.78, 5) is 13.1. The van der Waals surface area contributed by atoms with Gasteiger partial charge in [0, 0.05) is 20.0 Å². The molecular weight excluding hydrogens is 246 g/mol. The molecule has 1 N–H and O–H groups in total. The van der Waals surface area contributed by atoms with Gasteiger partial charge >= 0.3 is 0 Å². The van der Waals surface area contributed by atoms with E-state index in [4.69, 9.17) is 14.6 Å². The second-order valence-electron chi connectivity index (χ2n) is 4.17. The minimum absolute atomic E-state index is 0.00934. The van der Waals surface area contributed by atoms with Crippen LogP contribution in [0.4, 0.5) is 0 Å². The number of aliphatic hydroxyl groups excluding tert-OH is 1. The van der Waals surface area contributed by atoms with Crippen LogP contribution in [0, 0.1) is 0 Å². The molecule has 0 heterocycles. The van der Waals surface area contributed by atoms with Gasteiger partial charge in [-0.25, -0.2) is 0 Å². The van der Waals surface area contributed by atoms with Gasteiger partial charge in [0.05, 0.1) is 20.3 Å². The third-order valence-electron chi connectivity index (χ3n) is 2.72. The summed E-state index contributed by atoms with van der Waals surface area (Å²) in [6, 6.07) is 7.32. The van der Waals surface area contributed by atoms with E-state index in [2.05, 4.69) is 0 Å². The van der Waals surface area contributed by atoms with E-state index < -0.39 is 0 Å². The van der Waals surface area contributed by atoms with E-state index in [1.165, 1.54) is 4.90 Å². The van der Waals surface area contributed by atoms with Crippen molar-refractivity contribution < 1.29 is 19.4 Å². The lowest BCUT2D eigenvalue weighted by atomic mass is 10.3. The highest BCUT2D eigenvalue weighted by Gasteiger charge is 2.07. The normalized spacial score (nSPS) is 10.1. The van der Waals surface area contributed by atoms with Crippen LogP contribution in [0.5, 0.6) is 11.5 Å².